The standard InChI is InChI=1S/C26H28ClN3O3S/c1-34-15-12-19-21-22(24(32)30(23(21)31)16-17-8-3-2-4-9-17)26(28-19)18-10-5-6-11-20(18)29(25(26)33)14-7-13-27/h2-6,8-11,19,21-22,28H,7,12-16H2,1H3/t19-,21-,22+,26+/m1/s1. The van der Waals surface area contributed by atoms with Crippen LogP contribution < -0.4 is 10.2 Å². The van der Waals surface area contributed by atoms with Gasteiger partial charge in [0.1, 0.15) is 5.54 Å². The second kappa shape index (κ2) is 9.36. The Morgan fingerprint density at radius 3 is 2.47 bits per heavy atom. The molecule has 3 aliphatic rings. The molecule has 0 aromatic heterocycles. The van der Waals surface area contributed by atoms with Gasteiger partial charge in [0.05, 0.1) is 18.4 Å². The van der Waals surface area contributed by atoms with Crippen molar-refractivity contribution in [2.75, 3.05) is 29.3 Å². The number of fused-ring (bicyclic) bond motifs is 4. The number of anilines is 1. The van der Waals surface area contributed by atoms with Crippen LogP contribution in [0.1, 0.15) is 24.0 Å². The largest absolute Gasteiger partial charge is 0.310 e. The maximum Gasteiger partial charge on any atom is 0.252 e. The summed E-state index contributed by atoms with van der Waals surface area (Å²) in [6, 6.07) is 16.9. The van der Waals surface area contributed by atoms with Crippen LogP contribution in [0.15, 0.2) is 54.6 Å². The maximum absolute atomic E-state index is 14.1. The lowest BCUT2D eigenvalue weighted by molar-refractivity contribution is -0.143. The first-order chi connectivity index (χ1) is 16.5. The first kappa shape index (κ1) is 23.4. The molecular formula is C26H28ClN3O3S. The SMILES string of the molecule is CSCC[C@H]1N[C@]2(C(=O)N(CCCCl)c3ccccc32)[C@@H]2C(=O)N(Cc3ccccc3)C(=O)[C@@H]21. The minimum atomic E-state index is -1.23. The molecule has 4 atom stereocenters. The van der Waals surface area contributed by atoms with E-state index >= 15 is 0 Å². The molecule has 2 aromatic carbocycles. The fraction of sp³-hybridized carbons (Fsp3) is 0.423. The number of imide groups is 1. The molecule has 2 aromatic rings. The lowest BCUT2D eigenvalue weighted by Gasteiger charge is -2.30. The lowest BCUT2D eigenvalue weighted by Crippen LogP contribution is -2.55. The number of carbonyl (C=O) groups is 3. The van der Waals surface area contributed by atoms with E-state index in [0.29, 0.717) is 25.3 Å². The fourth-order valence-electron chi connectivity index (χ4n) is 5.86. The smallest absolute Gasteiger partial charge is 0.252 e. The zero-order valence-corrected chi connectivity index (χ0v) is 20.6. The quantitative estimate of drug-likeness (QED) is 0.447. The van der Waals surface area contributed by atoms with Gasteiger partial charge in [0, 0.05) is 29.7 Å². The number of hydrogen-bond donors (Lipinski definition) is 1. The summed E-state index contributed by atoms with van der Waals surface area (Å²) in [7, 11) is 0. The van der Waals surface area contributed by atoms with E-state index in [2.05, 4.69) is 5.32 Å². The molecule has 34 heavy (non-hydrogen) atoms. The molecule has 1 spiro atoms. The number of hydrogen-bond acceptors (Lipinski definition) is 5. The molecule has 178 valence electrons. The molecule has 6 nitrogen and oxygen atoms in total. The molecule has 3 amide bonds. The first-order valence-electron chi connectivity index (χ1n) is 11.7. The van der Waals surface area contributed by atoms with Gasteiger partial charge in [-0.05, 0) is 36.5 Å². The minimum Gasteiger partial charge on any atom is -0.310 e. The topological polar surface area (TPSA) is 69.7 Å². The molecule has 3 heterocycles. The summed E-state index contributed by atoms with van der Waals surface area (Å²) in [5.41, 5.74) is 1.26. The van der Waals surface area contributed by atoms with Crippen molar-refractivity contribution < 1.29 is 14.4 Å². The monoisotopic (exact) mass is 497 g/mol. The van der Waals surface area contributed by atoms with E-state index in [-0.39, 0.29) is 30.3 Å². The average molecular weight is 498 g/mol. The van der Waals surface area contributed by atoms with Gasteiger partial charge in [-0.1, -0.05) is 48.5 Å². The molecule has 2 saturated heterocycles. The van der Waals surface area contributed by atoms with E-state index < -0.39 is 17.4 Å². The summed E-state index contributed by atoms with van der Waals surface area (Å²) >= 11 is 7.65. The van der Waals surface area contributed by atoms with Crippen molar-refractivity contribution in [1.29, 1.82) is 0 Å². The minimum absolute atomic E-state index is 0.150. The Bertz CT molecular complexity index is 1110. The third-order valence-corrected chi connectivity index (χ3v) is 8.20. The van der Waals surface area contributed by atoms with Crippen LogP contribution in [0.25, 0.3) is 0 Å². The normalized spacial score (nSPS) is 27.7. The van der Waals surface area contributed by atoms with Crippen LogP contribution in [0.4, 0.5) is 5.69 Å². The number of amides is 3. The molecule has 0 saturated carbocycles. The fourth-order valence-corrected chi connectivity index (χ4v) is 6.47. The highest BCUT2D eigenvalue weighted by atomic mass is 35.5. The highest BCUT2D eigenvalue weighted by Crippen LogP contribution is 2.55. The molecule has 1 N–H and O–H groups in total. The number of rotatable bonds is 8. The summed E-state index contributed by atoms with van der Waals surface area (Å²) in [6.07, 6.45) is 3.38. The Hall–Kier alpha value is -2.35. The Labute approximate surface area is 209 Å². The van der Waals surface area contributed by atoms with Gasteiger partial charge in [0.25, 0.3) is 5.91 Å². The first-order valence-corrected chi connectivity index (χ1v) is 13.6. The summed E-state index contributed by atoms with van der Waals surface area (Å²) in [5, 5.41) is 3.55. The van der Waals surface area contributed by atoms with E-state index in [0.717, 1.165) is 22.6 Å². The summed E-state index contributed by atoms with van der Waals surface area (Å²) < 4.78 is 0. The predicted molar refractivity (Wildman–Crippen MR) is 135 cm³/mol. The van der Waals surface area contributed by atoms with Gasteiger partial charge in [0.2, 0.25) is 11.8 Å². The van der Waals surface area contributed by atoms with Crippen LogP contribution in [0, 0.1) is 11.8 Å². The van der Waals surface area contributed by atoms with Crippen molar-refractivity contribution in [3.05, 3.63) is 65.7 Å². The van der Waals surface area contributed by atoms with Crippen LogP contribution in [-0.2, 0) is 26.5 Å². The van der Waals surface area contributed by atoms with Gasteiger partial charge in [-0.15, -0.1) is 11.6 Å². The van der Waals surface area contributed by atoms with Crippen molar-refractivity contribution in [2.24, 2.45) is 11.8 Å². The molecule has 0 bridgehead atoms. The maximum atomic E-state index is 14.1. The predicted octanol–water partition coefficient (Wildman–Crippen LogP) is 3.38. The van der Waals surface area contributed by atoms with Crippen molar-refractivity contribution in [1.82, 2.24) is 10.2 Å². The van der Waals surface area contributed by atoms with Crippen LogP contribution in [0.3, 0.4) is 0 Å². The Balaban J connectivity index is 1.59. The van der Waals surface area contributed by atoms with Crippen molar-refractivity contribution in [3.63, 3.8) is 0 Å². The van der Waals surface area contributed by atoms with E-state index in [4.69, 9.17) is 11.6 Å². The lowest BCUT2D eigenvalue weighted by atomic mass is 9.76. The van der Waals surface area contributed by atoms with E-state index in [1.165, 1.54) is 4.90 Å². The third-order valence-electron chi connectivity index (χ3n) is 7.29. The number of benzene rings is 2. The summed E-state index contributed by atoms with van der Waals surface area (Å²) in [6.45, 7) is 0.703. The second-order valence-corrected chi connectivity index (χ2v) is 10.5. The summed E-state index contributed by atoms with van der Waals surface area (Å²) in [4.78, 5) is 44.9. The van der Waals surface area contributed by atoms with Crippen molar-refractivity contribution >= 4 is 46.8 Å². The number of likely N-dealkylation sites (tertiary alicyclic amines) is 1. The van der Waals surface area contributed by atoms with Crippen molar-refractivity contribution in [3.8, 4) is 0 Å². The number of para-hydroxylation sites is 1. The number of nitrogens with zero attached hydrogens (tertiary/aromatic N) is 2. The number of carbonyl (C=O) groups excluding carboxylic acids is 3. The van der Waals surface area contributed by atoms with Crippen LogP contribution in [0.5, 0.6) is 0 Å². The molecular weight excluding hydrogens is 470 g/mol. The molecule has 3 aliphatic heterocycles. The van der Waals surface area contributed by atoms with Gasteiger partial charge in [0.15, 0.2) is 0 Å². The van der Waals surface area contributed by atoms with E-state index in [9.17, 15) is 14.4 Å². The van der Waals surface area contributed by atoms with Crippen LogP contribution in [0.2, 0.25) is 0 Å². The second-order valence-electron chi connectivity index (χ2n) is 9.11. The van der Waals surface area contributed by atoms with Gasteiger partial charge in [-0.25, -0.2) is 0 Å². The highest BCUT2D eigenvalue weighted by molar-refractivity contribution is 7.98. The Kier molecular flexibility index (Phi) is 6.44. The molecule has 8 heteroatoms. The molecule has 2 fully saturated rings. The molecule has 0 radical (unpaired) electrons. The average Bonchev–Trinajstić information content (AvgIpc) is 3.41. The Morgan fingerprint density at radius 1 is 1.00 bits per heavy atom. The molecule has 0 unspecified atom stereocenters. The van der Waals surface area contributed by atoms with E-state index in [1.54, 1.807) is 16.7 Å². The van der Waals surface area contributed by atoms with Gasteiger partial charge in [-0.2, -0.15) is 11.8 Å². The number of nitrogens with one attached hydrogen (secondary N) is 1. The van der Waals surface area contributed by atoms with Gasteiger partial charge in [-0.3, -0.25) is 24.6 Å². The highest BCUT2D eigenvalue weighted by Gasteiger charge is 2.71. The third kappa shape index (κ3) is 3.48. The molecule has 5 rings (SSSR count). The van der Waals surface area contributed by atoms with Crippen LogP contribution in [-0.4, -0.2) is 53.1 Å². The zero-order valence-electron chi connectivity index (χ0n) is 19.1. The van der Waals surface area contributed by atoms with Gasteiger partial charge < -0.3 is 4.90 Å². The van der Waals surface area contributed by atoms with Crippen molar-refractivity contribution in [2.45, 2.75) is 31.0 Å². The number of alkyl halides is 1. The van der Waals surface area contributed by atoms with Crippen LogP contribution >= 0.6 is 23.4 Å². The summed E-state index contributed by atoms with van der Waals surface area (Å²) in [5.74, 6) is -0.638. The van der Waals surface area contributed by atoms with E-state index in [1.807, 2.05) is 60.9 Å². The number of halogens is 1. The Morgan fingerprint density at radius 2 is 1.74 bits per heavy atom. The zero-order chi connectivity index (χ0) is 23.9. The number of thioether (sulfide) groups is 1. The molecule has 0 aliphatic carbocycles. The van der Waals surface area contributed by atoms with Gasteiger partial charge >= 0.3 is 0 Å².